The fourth-order valence-corrected chi connectivity index (χ4v) is 1.26. The molecule has 0 unspecified atom stereocenters. The molecule has 4 nitrogen and oxygen atoms in total. The molecule has 1 rings (SSSR count). The van der Waals surface area contributed by atoms with E-state index in [0.29, 0.717) is 5.92 Å². The molecule has 2 N–H and O–H groups in total. The predicted octanol–water partition coefficient (Wildman–Crippen LogP) is 1.00. The number of nitrogens with one attached hydrogen (secondary N) is 2. The molecule has 0 aromatic carbocycles. The number of hydrogen-bond donors (Lipinski definition) is 2. The molecule has 15 heavy (non-hydrogen) atoms. The van der Waals surface area contributed by atoms with Crippen molar-refractivity contribution >= 4 is 17.3 Å². The van der Waals surface area contributed by atoms with Gasteiger partial charge >= 0.3 is 0 Å². The van der Waals surface area contributed by atoms with Crippen molar-refractivity contribution < 1.29 is 0 Å². The number of thiocarbonyl (C=S) groups is 1. The minimum Gasteiger partial charge on any atom is -0.362 e. The predicted molar refractivity (Wildman–Crippen MR) is 65.7 cm³/mol. The Morgan fingerprint density at radius 2 is 2.27 bits per heavy atom. The maximum absolute atomic E-state index is 5.12. The van der Waals surface area contributed by atoms with Crippen LogP contribution in [-0.4, -0.2) is 27.8 Å². The van der Waals surface area contributed by atoms with Crippen molar-refractivity contribution in [3.8, 4) is 0 Å². The van der Waals surface area contributed by atoms with Gasteiger partial charge in [0.25, 0.3) is 0 Å². The topological polar surface area (TPSA) is 41.9 Å². The highest BCUT2D eigenvalue weighted by Crippen LogP contribution is 1.87. The van der Waals surface area contributed by atoms with Gasteiger partial charge in [0.2, 0.25) is 0 Å². The Labute approximate surface area is 96.1 Å². The summed E-state index contributed by atoms with van der Waals surface area (Å²) in [4.78, 5) is 3.97. The Morgan fingerprint density at radius 1 is 1.47 bits per heavy atom. The maximum Gasteiger partial charge on any atom is 0.166 e. The Bertz CT molecular complexity index is 282. The number of nitrogens with zero attached hydrogens (tertiary/aromatic N) is 2. The molecule has 5 heteroatoms. The molecule has 0 aliphatic carbocycles. The third-order valence-corrected chi connectivity index (χ3v) is 2.17. The zero-order valence-electron chi connectivity index (χ0n) is 9.23. The van der Waals surface area contributed by atoms with Crippen molar-refractivity contribution in [2.24, 2.45) is 5.92 Å². The molecule has 0 saturated carbocycles. The molecular formula is C10H18N4S. The first-order chi connectivity index (χ1) is 7.18. The Balaban J connectivity index is 2.07. The second-order valence-corrected chi connectivity index (χ2v) is 4.24. The average Bonchev–Trinajstić information content (AvgIpc) is 2.67. The molecule has 0 atom stereocenters. The van der Waals surface area contributed by atoms with E-state index in [4.69, 9.17) is 12.2 Å². The van der Waals surface area contributed by atoms with Crippen LogP contribution < -0.4 is 10.6 Å². The van der Waals surface area contributed by atoms with Gasteiger partial charge in [-0.2, -0.15) is 0 Å². The zero-order chi connectivity index (χ0) is 11.1. The van der Waals surface area contributed by atoms with E-state index in [1.807, 2.05) is 10.8 Å². The Hall–Kier alpha value is -1.10. The highest BCUT2D eigenvalue weighted by Gasteiger charge is 1.96. The summed E-state index contributed by atoms with van der Waals surface area (Å²) < 4.78 is 2.01. The summed E-state index contributed by atoms with van der Waals surface area (Å²) in [6, 6.07) is 0. The van der Waals surface area contributed by atoms with Crippen molar-refractivity contribution in [2.45, 2.75) is 20.4 Å². The van der Waals surface area contributed by atoms with Crippen LogP contribution in [0, 0.1) is 5.92 Å². The highest BCUT2D eigenvalue weighted by molar-refractivity contribution is 7.80. The van der Waals surface area contributed by atoms with Gasteiger partial charge in [-0.25, -0.2) is 4.98 Å². The fourth-order valence-electron chi connectivity index (χ4n) is 1.08. The average molecular weight is 226 g/mol. The number of hydrogen-bond acceptors (Lipinski definition) is 2. The van der Waals surface area contributed by atoms with Crippen molar-refractivity contribution in [3.63, 3.8) is 0 Å². The zero-order valence-corrected chi connectivity index (χ0v) is 10.0. The number of aromatic nitrogens is 2. The Morgan fingerprint density at radius 3 is 2.87 bits per heavy atom. The van der Waals surface area contributed by atoms with E-state index in [0.717, 1.165) is 24.7 Å². The molecule has 0 bridgehead atoms. The second kappa shape index (κ2) is 6.40. The van der Waals surface area contributed by atoms with E-state index in [9.17, 15) is 0 Å². The summed E-state index contributed by atoms with van der Waals surface area (Å²) in [6.07, 6.45) is 5.51. The standard InChI is InChI=1S/C10H18N4S/c1-9(2)7-13-10(15)12-4-6-14-5-3-11-8-14/h3,5,8-9H,4,6-7H2,1-2H3,(H2,12,13,15). The van der Waals surface area contributed by atoms with Crippen LogP contribution >= 0.6 is 12.2 Å². The van der Waals surface area contributed by atoms with E-state index in [1.54, 1.807) is 12.5 Å². The van der Waals surface area contributed by atoms with Gasteiger partial charge < -0.3 is 15.2 Å². The minimum absolute atomic E-state index is 0.610. The van der Waals surface area contributed by atoms with Crippen molar-refractivity contribution in [3.05, 3.63) is 18.7 Å². The van der Waals surface area contributed by atoms with Crippen molar-refractivity contribution in [1.82, 2.24) is 20.2 Å². The fraction of sp³-hybridized carbons (Fsp3) is 0.600. The third kappa shape index (κ3) is 5.37. The molecule has 1 aromatic rings. The molecule has 0 saturated heterocycles. The molecule has 0 aliphatic heterocycles. The summed E-state index contributed by atoms with van der Waals surface area (Å²) >= 11 is 5.12. The van der Waals surface area contributed by atoms with E-state index < -0.39 is 0 Å². The van der Waals surface area contributed by atoms with Gasteiger partial charge in [0.1, 0.15) is 0 Å². The van der Waals surface area contributed by atoms with Crippen molar-refractivity contribution in [2.75, 3.05) is 13.1 Å². The lowest BCUT2D eigenvalue weighted by Gasteiger charge is -2.12. The van der Waals surface area contributed by atoms with Gasteiger partial charge in [0.15, 0.2) is 5.11 Å². The van der Waals surface area contributed by atoms with Crippen LogP contribution in [0.2, 0.25) is 0 Å². The van der Waals surface area contributed by atoms with Crippen LogP contribution in [0.4, 0.5) is 0 Å². The first-order valence-electron chi connectivity index (χ1n) is 5.16. The Kier molecular flexibility index (Phi) is 5.10. The molecule has 0 radical (unpaired) electrons. The summed E-state index contributed by atoms with van der Waals surface area (Å²) in [7, 11) is 0. The summed E-state index contributed by atoms with van der Waals surface area (Å²) in [5, 5.41) is 7.03. The highest BCUT2D eigenvalue weighted by atomic mass is 32.1. The van der Waals surface area contributed by atoms with Crippen LogP contribution in [-0.2, 0) is 6.54 Å². The normalized spacial score (nSPS) is 10.3. The number of rotatable bonds is 5. The van der Waals surface area contributed by atoms with E-state index in [-0.39, 0.29) is 0 Å². The summed E-state index contributed by atoms with van der Waals surface area (Å²) in [6.45, 7) is 6.92. The molecule has 1 heterocycles. The van der Waals surface area contributed by atoms with E-state index in [2.05, 4.69) is 29.5 Å². The van der Waals surface area contributed by atoms with Crippen LogP contribution in [0.3, 0.4) is 0 Å². The first kappa shape index (κ1) is 12.0. The molecule has 1 aromatic heterocycles. The molecule has 84 valence electrons. The first-order valence-corrected chi connectivity index (χ1v) is 5.56. The lowest BCUT2D eigenvalue weighted by Crippen LogP contribution is -2.38. The van der Waals surface area contributed by atoms with Gasteiger partial charge in [-0.1, -0.05) is 13.8 Å². The quantitative estimate of drug-likeness (QED) is 0.735. The van der Waals surface area contributed by atoms with Gasteiger partial charge in [-0.05, 0) is 18.1 Å². The minimum atomic E-state index is 0.610. The molecular weight excluding hydrogens is 208 g/mol. The monoisotopic (exact) mass is 226 g/mol. The molecule has 0 amide bonds. The SMILES string of the molecule is CC(C)CNC(=S)NCCn1ccnc1. The lowest BCUT2D eigenvalue weighted by molar-refractivity contribution is 0.611. The molecule has 0 aliphatic rings. The van der Waals surface area contributed by atoms with Crippen LogP contribution in [0.25, 0.3) is 0 Å². The largest absolute Gasteiger partial charge is 0.362 e. The van der Waals surface area contributed by atoms with Gasteiger partial charge in [-0.3, -0.25) is 0 Å². The van der Waals surface area contributed by atoms with E-state index >= 15 is 0 Å². The van der Waals surface area contributed by atoms with Crippen LogP contribution in [0.1, 0.15) is 13.8 Å². The second-order valence-electron chi connectivity index (χ2n) is 3.83. The lowest BCUT2D eigenvalue weighted by atomic mass is 10.2. The number of imidazole rings is 1. The van der Waals surface area contributed by atoms with Gasteiger partial charge in [0, 0.05) is 32.0 Å². The summed E-state index contributed by atoms with van der Waals surface area (Å²) in [5.41, 5.74) is 0. The summed E-state index contributed by atoms with van der Waals surface area (Å²) in [5.74, 6) is 0.610. The smallest absolute Gasteiger partial charge is 0.166 e. The van der Waals surface area contributed by atoms with E-state index in [1.165, 1.54) is 0 Å². The third-order valence-electron chi connectivity index (χ3n) is 1.89. The van der Waals surface area contributed by atoms with Crippen molar-refractivity contribution in [1.29, 1.82) is 0 Å². The van der Waals surface area contributed by atoms with Gasteiger partial charge in [0.05, 0.1) is 6.33 Å². The molecule has 0 fully saturated rings. The van der Waals surface area contributed by atoms with Gasteiger partial charge in [-0.15, -0.1) is 0 Å². The molecule has 0 spiro atoms. The van der Waals surface area contributed by atoms with Crippen LogP contribution in [0.15, 0.2) is 18.7 Å². The maximum atomic E-state index is 5.12. The van der Waals surface area contributed by atoms with Crippen LogP contribution in [0.5, 0.6) is 0 Å².